The zero-order valence-corrected chi connectivity index (χ0v) is 8.47. The molecular formula is C4H12N2O2S3. The molecule has 0 amide bonds. The van der Waals surface area contributed by atoms with Gasteiger partial charge in [-0.25, -0.2) is 8.42 Å². The zero-order chi connectivity index (χ0) is 8.74. The molecule has 0 saturated carbocycles. The SMILES string of the molecule is NCCSS(=O)(=O)SCCN. The van der Waals surface area contributed by atoms with E-state index in [2.05, 4.69) is 0 Å². The molecule has 4 nitrogen and oxygen atoms in total. The van der Waals surface area contributed by atoms with Crippen LogP contribution < -0.4 is 11.5 Å². The van der Waals surface area contributed by atoms with Crippen LogP contribution in [0.2, 0.25) is 0 Å². The standard InChI is InChI=1S/C4H12N2O2S3/c5-1-3-9-11(7,8)10-4-2-6/h1-6H2. The maximum absolute atomic E-state index is 11.0. The molecular weight excluding hydrogens is 204 g/mol. The third kappa shape index (κ3) is 6.95. The molecule has 0 rings (SSSR count). The minimum Gasteiger partial charge on any atom is -0.330 e. The highest BCUT2D eigenvalue weighted by molar-refractivity contribution is 9.04. The predicted octanol–water partition coefficient (Wildman–Crippen LogP) is -0.385. The molecule has 0 aromatic heterocycles. The van der Waals surface area contributed by atoms with E-state index >= 15 is 0 Å². The lowest BCUT2D eigenvalue weighted by atomic mass is 10.8. The molecule has 0 saturated heterocycles. The number of rotatable bonds is 6. The van der Waals surface area contributed by atoms with Crippen LogP contribution in [0.4, 0.5) is 0 Å². The summed E-state index contributed by atoms with van der Waals surface area (Å²) < 4.78 is 21.9. The second-order valence-corrected chi connectivity index (χ2v) is 8.41. The fraction of sp³-hybridized carbons (Fsp3) is 1.00. The minimum atomic E-state index is -3.03. The third-order valence-corrected chi connectivity index (χ3v) is 6.54. The third-order valence-electron chi connectivity index (χ3n) is 0.691. The summed E-state index contributed by atoms with van der Waals surface area (Å²) in [6, 6.07) is 0. The van der Waals surface area contributed by atoms with E-state index in [9.17, 15) is 8.42 Å². The molecule has 0 aliphatic rings. The van der Waals surface area contributed by atoms with Gasteiger partial charge in [0.1, 0.15) is 0 Å². The van der Waals surface area contributed by atoms with Gasteiger partial charge in [0.25, 0.3) is 7.90 Å². The first-order valence-corrected chi connectivity index (χ1v) is 7.55. The summed E-state index contributed by atoms with van der Waals surface area (Å²) in [6.07, 6.45) is 0. The van der Waals surface area contributed by atoms with Crippen molar-refractivity contribution in [2.24, 2.45) is 11.5 Å². The average molecular weight is 216 g/mol. The largest absolute Gasteiger partial charge is 0.330 e. The van der Waals surface area contributed by atoms with Crippen LogP contribution in [0.3, 0.4) is 0 Å². The molecule has 0 aliphatic carbocycles. The number of hydrogen-bond donors (Lipinski definition) is 2. The number of nitrogens with two attached hydrogens (primary N) is 2. The maximum atomic E-state index is 11.0. The van der Waals surface area contributed by atoms with Gasteiger partial charge in [-0.2, -0.15) is 0 Å². The maximum Gasteiger partial charge on any atom is 0.253 e. The van der Waals surface area contributed by atoms with Crippen LogP contribution in [0.25, 0.3) is 0 Å². The van der Waals surface area contributed by atoms with E-state index in [1.807, 2.05) is 0 Å². The van der Waals surface area contributed by atoms with Crippen molar-refractivity contribution in [2.45, 2.75) is 0 Å². The molecule has 0 aromatic rings. The summed E-state index contributed by atoms with van der Waals surface area (Å²) in [5.74, 6) is 0.889. The molecule has 4 N–H and O–H groups in total. The second kappa shape index (κ2) is 6.13. The smallest absolute Gasteiger partial charge is 0.253 e. The van der Waals surface area contributed by atoms with Gasteiger partial charge in [0.2, 0.25) is 0 Å². The van der Waals surface area contributed by atoms with Crippen LogP contribution in [0.1, 0.15) is 0 Å². The summed E-state index contributed by atoms with van der Waals surface area (Å²) in [5.41, 5.74) is 10.3. The fourth-order valence-corrected chi connectivity index (χ4v) is 4.85. The van der Waals surface area contributed by atoms with E-state index in [1.165, 1.54) is 0 Å². The summed E-state index contributed by atoms with van der Waals surface area (Å²) in [6.45, 7) is 0.764. The lowest BCUT2D eigenvalue weighted by Gasteiger charge is -1.99. The highest BCUT2D eigenvalue weighted by atomic mass is 33.5. The topological polar surface area (TPSA) is 86.2 Å². The molecule has 0 radical (unpaired) electrons. The minimum absolute atomic E-state index is 0.382. The van der Waals surface area contributed by atoms with Crippen LogP contribution in [-0.2, 0) is 7.90 Å². The van der Waals surface area contributed by atoms with Gasteiger partial charge >= 0.3 is 0 Å². The van der Waals surface area contributed by atoms with Crippen LogP contribution >= 0.6 is 21.6 Å². The Kier molecular flexibility index (Phi) is 6.44. The van der Waals surface area contributed by atoms with Gasteiger partial charge in [0, 0.05) is 24.6 Å². The molecule has 0 fully saturated rings. The Morgan fingerprint density at radius 3 is 1.64 bits per heavy atom. The van der Waals surface area contributed by atoms with Crippen molar-refractivity contribution in [2.75, 3.05) is 24.6 Å². The van der Waals surface area contributed by atoms with Crippen molar-refractivity contribution in [3.8, 4) is 0 Å². The van der Waals surface area contributed by atoms with E-state index in [4.69, 9.17) is 11.5 Å². The first-order chi connectivity index (χ1) is 5.12. The molecule has 7 heteroatoms. The predicted molar refractivity (Wildman–Crippen MR) is 51.9 cm³/mol. The van der Waals surface area contributed by atoms with Gasteiger partial charge in [0.15, 0.2) is 0 Å². The van der Waals surface area contributed by atoms with E-state index in [0.29, 0.717) is 24.6 Å². The molecule has 0 spiro atoms. The van der Waals surface area contributed by atoms with E-state index in [0.717, 1.165) is 21.6 Å². The lowest BCUT2D eigenvalue weighted by molar-refractivity contribution is 0.623. The average Bonchev–Trinajstić information content (AvgIpc) is 1.97. The first-order valence-electron chi connectivity index (χ1n) is 3.06. The first kappa shape index (κ1) is 11.6. The molecule has 68 valence electrons. The highest BCUT2D eigenvalue weighted by Gasteiger charge is 2.09. The fourth-order valence-electron chi connectivity index (χ4n) is 0.334. The molecule has 0 aromatic carbocycles. The molecule has 0 aliphatic heterocycles. The van der Waals surface area contributed by atoms with Gasteiger partial charge in [-0.15, -0.1) is 0 Å². The van der Waals surface area contributed by atoms with Crippen molar-refractivity contribution in [1.29, 1.82) is 0 Å². The summed E-state index contributed by atoms with van der Waals surface area (Å²) in [5, 5.41) is 0. The quantitative estimate of drug-likeness (QED) is 0.588. The normalized spacial score (nSPS) is 11.8. The van der Waals surface area contributed by atoms with Crippen molar-refractivity contribution in [1.82, 2.24) is 0 Å². The number of hydrogen-bond acceptors (Lipinski definition) is 6. The Hall–Kier alpha value is 0.570. The molecule has 11 heavy (non-hydrogen) atoms. The van der Waals surface area contributed by atoms with Crippen LogP contribution in [-0.4, -0.2) is 33.0 Å². The van der Waals surface area contributed by atoms with Gasteiger partial charge in [-0.05, 0) is 21.6 Å². The van der Waals surface area contributed by atoms with Crippen LogP contribution in [0.5, 0.6) is 0 Å². The van der Waals surface area contributed by atoms with E-state index in [1.54, 1.807) is 0 Å². The Morgan fingerprint density at radius 2 is 1.36 bits per heavy atom. The van der Waals surface area contributed by atoms with Gasteiger partial charge in [-0.1, -0.05) is 0 Å². The summed E-state index contributed by atoms with van der Waals surface area (Å²) >= 11 is 0. The van der Waals surface area contributed by atoms with Crippen molar-refractivity contribution in [3.63, 3.8) is 0 Å². The Bertz CT molecular complexity index is 166. The van der Waals surface area contributed by atoms with Crippen molar-refractivity contribution in [3.05, 3.63) is 0 Å². The zero-order valence-electron chi connectivity index (χ0n) is 6.02. The van der Waals surface area contributed by atoms with Crippen molar-refractivity contribution >= 4 is 29.5 Å². The summed E-state index contributed by atoms with van der Waals surface area (Å²) in [7, 11) is -1.29. The second-order valence-electron chi connectivity index (χ2n) is 1.63. The Balaban J connectivity index is 3.63. The van der Waals surface area contributed by atoms with Crippen LogP contribution in [0.15, 0.2) is 0 Å². The highest BCUT2D eigenvalue weighted by Crippen LogP contribution is 2.24. The van der Waals surface area contributed by atoms with Crippen molar-refractivity contribution < 1.29 is 8.42 Å². The van der Waals surface area contributed by atoms with Crippen LogP contribution in [0, 0.1) is 0 Å². The monoisotopic (exact) mass is 216 g/mol. The molecule has 0 unspecified atom stereocenters. The van der Waals surface area contributed by atoms with Gasteiger partial charge in [-0.3, -0.25) is 0 Å². The lowest BCUT2D eigenvalue weighted by Crippen LogP contribution is -2.06. The van der Waals surface area contributed by atoms with Gasteiger partial charge in [0.05, 0.1) is 0 Å². The van der Waals surface area contributed by atoms with Gasteiger partial charge < -0.3 is 11.5 Å². The molecule has 0 bridgehead atoms. The molecule has 0 heterocycles. The Labute approximate surface area is 74.2 Å². The molecule has 0 atom stereocenters. The van der Waals surface area contributed by atoms with E-state index in [-0.39, 0.29) is 0 Å². The Morgan fingerprint density at radius 1 is 1.00 bits per heavy atom. The van der Waals surface area contributed by atoms with E-state index < -0.39 is 7.90 Å². The summed E-state index contributed by atoms with van der Waals surface area (Å²) in [4.78, 5) is 0.